The lowest BCUT2D eigenvalue weighted by Crippen LogP contribution is -2.02. The molecule has 98 valence electrons. The van der Waals surface area contributed by atoms with Crippen molar-refractivity contribution < 1.29 is 0 Å². The van der Waals surface area contributed by atoms with E-state index in [1.165, 1.54) is 18.4 Å². The molecule has 1 heterocycles. The fraction of sp³-hybridized carbons (Fsp3) is 0.333. The van der Waals surface area contributed by atoms with Gasteiger partial charge in [-0.3, -0.25) is 0 Å². The molecule has 1 aromatic heterocycles. The van der Waals surface area contributed by atoms with Crippen LogP contribution in [0.15, 0.2) is 24.3 Å². The maximum atomic E-state index is 4.61. The van der Waals surface area contributed by atoms with Gasteiger partial charge in [0.05, 0.1) is 9.26 Å². The molecule has 0 spiro atoms. The molecule has 1 aliphatic rings. The number of aryl methyl sites for hydroxylation is 1. The average Bonchev–Trinajstić information content (AvgIpc) is 3.26. The molecule has 0 bridgehead atoms. The molecule has 1 fully saturated rings. The summed E-state index contributed by atoms with van der Waals surface area (Å²) in [5.74, 6) is 2.47. The van der Waals surface area contributed by atoms with Crippen LogP contribution in [0.4, 0.5) is 5.82 Å². The zero-order valence-electron chi connectivity index (χ0n) is 11.1. The monoisotopic (exact) mass is 365 g/mol. The highest BCUT2D eigenvalue weighted by Crippen LogP contribution is 2.40. The summed E-state index contributed by atoms with van der Waals surface area (Å²) in [6, 6.07) is 8.64. The molecule has 3 rings (SSSR count). The van der Waals surface area contributed by atoms with E-state index in [0.717, 1.165) is 32.4 Å². The molecule has 0 saturated heterocycles. The van der Waals surface area contributed by atoms with Crippen LogP contribution in [-0.2, 0) is 0 Å². The summed E-state index contributed by atoms with van der Waals surface area (Å²) in [4.78, 5) is 9.23. The highest BCUT2D eigenvalue weighted by Gasteiger charge is 2.23. The highest BCUT2D eigenvalue weighted by molar-refractivity contribution is 14.1. The van der Waals surface area contributed by atoms with Crippen molar-refractivity contribution in [3.05, 3.63) is 39.1 Å². The van der Waals surface area contributed by atoms with Crippen LogP contribution >= 0.6 is 22.6 Å². The number of benzene rings is 1. The van der Waals surface area contributed by atoms with E-state index in [1.807, 2.05) is 14.0 Å². The second kappa shape index (κ2) is 5.07. The summed E-state index contributed by atoms with van der Waals surface area (Å²) < 4.78 is 1.09. The van der Waals surface area contributed by atoms with E-state index in [4.69, 9.17) is 0 Å². The Labute approximate surface area is 127 Å². The van der Waals surface area contributed by atoms with Gasteiger partial charge in [0, 0.05) is 12.6 Å². The number of hydrogen-bond acceptors (Lipinski definition) is 3. The topological polar surface area (TPSA) is 37.8 Å². The van der Waals surface area contributed by atoms with Crippen LogP contribution < -0.4 is 5.32 Å². The Bertz CT molecular complexity index is 621. The molecule has 2 aromatic rings. The van der Waals surface area contributed by atoms with Crippen molar-refractivity contribution in [3.63, 3.8) is 0 Å². The van der Waals surface area contributed by atoms with Gasteiger partial charge in [0.25, 0.3) is 0 Å². The second-order valence-electron chi connectivity index (χ2n) is 4.94. The summed E-state index contributed by atoms with van der Waals surface area (Å²) in [5, 5.41) is 3.14. The molecule has 0 unspecified atom stereocenters. The van der Waals surface area contributed by atoms with E-state index in [9.17, 15) is 0 Å². The number of nitrogens with zero attached hydrogens (tertiary/aromatic N) is 2. The highest BCUT2D eigenvalue weighted by atomic mass is 127. The van der Waals surface area contributed by atoms with Crippen molar-refractivity contribution in [1.29, 1.82) is 0 Å². The molecule has 0 radical (unpaired) electrons. The van der Waals surface area contributed by atoms with Crippen LogP contribution in [0.3, 0.4) is 0 Å². The van der Waals surface area contributed by atoms with Gasteiger partial charge in [-0.2, -0.15) is 0 Å². The first-order chi connectivity index (χ1) is 9.19. The van der Waals surface area contributed by atoms with Crippen LogP contribution in [0, 0.1) is 10.5 Å². The van der Waals surface area contributed by atoms with Crippen LogP contribution in [-0.4, -0.2) is 17.0 Å². The smallest absolute Gasteiger partial charge is 0.161 e. The van der Waals surface area contributed by atoms with Crippen LogP contribution in [0.2, 0.25) is 0 Å². The second-order valence-corrected chi connectivity index (χ2v) is 6.02. The average molecular weight is 365 g/mol. The largest absolute Gasteiger partial charge is 0.372 e. The van der Waals surface area contributed by atoms with Crippen LogP contribution in [0.25, 0.3) is 11.4 Å². The molecule has 1 N–H and O–H groups in total. The first kappa shape index (κ1) is 12.8. The standard InChI is InChI=1S/C15H16IN3/c1-9-13(16)15(17-2)19-14(18-9)12-5-3-4-11(8-12)10-6-7-10/h3-5,8,10H,6-7H2,1-2H3,(H,17,18,19). The molecule has 4 heteroatoms. The Balaban J connectivity index is 2.05. The van der Waals surface area contributed by atoms with Gasteiger partial charge >= 0.3 is 0 Å². The Hall–Kier alpha value is -1.17. The lowest BCUT2D eigenvalue weighted by Gasteiger charge is -2.09. The van der Waals surface area contributed by atoms with Crippen LogP contribution in [0.1, 0.15) is 30.0 Å². The summed E-state index contributed by atoms with van der Waals surface area (Å²) in [6.07, 6.45) is 2.63. The molecule has 1 aliphatic carbocycles. The third-order valence-electron chi connectivity index (χ3n) is 3.45. The van der Waals surface area contributed by atoms with Gasteiger partial charge in [0.15, 0.2) is 5.82 Å². The van der Waals surface area contributed by atoms with E-state index in [2.05, 4.69) is 62.1 Å². The number of hydrogen-bond donors (Lipinski definition) is 1. The van der Waals surface area contributed by atoms with Gasteiger partial charge in [0.1, 0.15) is 5.82 Å². The van der Waals surface area contributed by atoms with Gasteiger partial charge < -0.3 is 5.32 Å². The molecule has 0 amide bonds. The minimum Gasteiger partial charge on any atom is -0.372 e. The molecule has 0 aliphatic heterocycles. The quantitative estimate of drug-likeness (QED) is 0.837. The number of halogens is 1. The van der Waals surface area contributed by atoms with E-state index in [0.29, 0.717) is 0 Å². The minimum absolute atomic E-state index is 0.758. The summed E-state index contributed by atoms with van der Waals surface area (Å²) >= 11 is 2.28. The number of anilines is 1. The Morgan fingerprint density at radius 1 is 1.26 bits per heavy atom. The zero-order valence-corrected chi connectivity index (χ0v) is 13.2. The van der Waals surface area contributed by atoms with Crippen molar-refractivity contribution in [2.75, 3.05) is 12.4 Å². The molecule has 0 atom stereocenters. The number of nitrogens with one attached hydrogen (secondary N) is 1. The first-order valence-electron chi connectivity index (χ1n) is 6.51. The lowest BCUT2D eigenvalue weighted by atomic mass is 10.1. The molecular formula is C15H16IN3. The Morgan fingerprint density at radius 3 is 2.74 bits per heavy atom. The third kappa shape index (κ3) is 2.59. The third-order valence-corrected chi connectivity index (χ3v) is 4.74. The predicted octanol–water partition coefficient (Wildman–Crippen LogP) is 3.98. The van der Waals surface area contributed by atoms with E-state index < -0.39 is 0 Å². The summed E-state index contributed by atoms with van der Waals surface area (Å²) in [5.41, 5.74) is 3.55. The van der Waals surface area contributed by atoms with Gasteiger partial charge in [-0.15, -0.1) is 0 Å². The van der Waals surface area contributed by atoms with Crippen molar-refractivity contribution >= 4 is 28.4 Å². The maximum absolute atomic E-state index is 4.61. The van der Waals surface area contributed by atoms with Crippen molar-refractivity contribution in [3.8, 4) is 11.4 Å². The van der Waals surface area contributed by atoms with Gasteiger partial charge in [0.2, 0.25) is 0 Å². The molecular weight excluding hydrogens is 349 g/mol. The van der Waals surface area contributed by atoms with Crippen LogP contribution in [0.5, 0.6) is 0 Å². The normalized spacial score (nSPS) is 14.5. The predicted molar refractivity (Wildman–Crippen MR) is 86.4 cm³/mol. The molecule has 3 nitrogen and oxygen atoms in total. The maximum Gasteiger partial charge on any atom is 0.161 e. The van der Waals surface area contributed by atoms with Crippen molar-refractivity contribution in [2.45, 2.75) is 25.7 Å². The fourth-order valence-corrected chi connectivity index (χ4v) is 2.71. The molecule has 19 heavy (non-hydrogen) atoms. The van der Waals surface area contributed by atoms with Gasteiger partial charge in [-0.05, 0) is 59.9 Å². The van der Waals surface area contributed by atoms with Gasteiger partial charge in [-0.25, -0.2) is 9.97 Å². The summed E-state index contributed by atoms with van der Waals surface area (Å²) in [7, 11) is 1.90. The lowest BCUT2D eigenvalue weighted by molar-refractivity contribution is 1.08. The Kier molecular flexibility index (Phi) is 3.43. The van der Waals surface area contributed by atoms with E-state index in [-0.39, 0.29) is 0 Å². The molecule has 1 saturated carbocycles. The zero-order chi connectivity index (χ0) is 13.4. The minimum atomic E-state index is 0.758. The van der Waals surface area contributed by atoms with E-state index in [1.54, 1.807) is 0 Å². The van der Waals surface area contributed by atoms with Crippen molar-refractivity contribution in [1.82, 2.24) is 9.97 Å². The van der Waals surface area contributed by atoms with Gasteiger partial charge in [-0.1, -0.05) is 18.2 Å². The first-order valence-corrected chi connectivity index (χ1v) is 7.59. The molecule has 1 aromatic carbocycles. The van der Waals surface area contributed by atoms with E-state index >= 15 is 0 Å². The van der Waals surface area contributed by atoms with Crippen molar-refractivity contribution in [2.24, 2.45) is 0 Å². The fourth-order valence-electron chi connectivity index (χ4n) is 2.20. The summed E-state index contributed by atoms with van der Waals surface area (Å²) in [6.45, 7) is 2.03. The Morgan fingerprint density at radius 2 is 2.05 bits per heavy atom. The SMILES string of the molecule is CNc1nc(-c2cccc(C3CC3)c2)nc(C)c1I. The number of rotatable bonds is 3. The number of aromatic nitrogens is 2.